The summed E-state index contributed by atoms with van der Waals surface area (Å²) in [7, 11) is 0. The monoisotopic (exact) mass is 244 g/mol. The molecule has 0 saturated carbocycles. The fraction of sp³-hybridized carbons (Fsp3) is 0.308. The van der Waals surface area contributed by atoms with Crippen molar-refractivity contribution >= 4 is 11.6 Å². The highest BCUT2D eigenvalue weighted by atomic mass is 16.2. The molecule has 0 bridgehead atoms. The summed E-state index contributed by atoms with van der Waals surface area (Å²) < 4.78 is 1.57. The first-order valence-electron chi connectivity index (χ1n) is 5.79. The molecule has 0 saturated heterocycles. The van der Waals surface area contributed by atoms with Crippen LogP contribution in [-0.4, -0.2) is 20.9 Å². The zero-order valence-corrected chi connectivity index (χ0v) is 10.8. The summed E-state index contributed by atoms with van der Waals surface area (Å²) in [4.78, 5) is 11.9. The van der Waals surface area contributed by atoms with Gasteiger partial charge in [-0.2, -0.15) is 0 Å². The number of benzene rings is 1. The molecule has 1 aromatic heterocycles. The van der Waals surface area contributed by atoms with Crippen molar-refractivity contribution in [1.82, 2.24) is 15.0 Å². The van der Waals surface area contributed by atoms with E-state index in [1.807, 2.05) is 39.0 Å². The third-order valence-electron chi connectivity index (χ3n) is 2.98. The number of rotatable bonds is 3. The average molecular weight is 244 g/mol. The zero-order valence-electron chi connectivity index (χ0n) is 10.8. The van der Waals surface area contributed by atoms with Gasteiger partial charge in [-0.25, -0.2) is 4.68 Å². The number of aryl methyl sites for hydroxylation is 2. The molecule has 5 heteroatoms. The second kappa shape index (κ2) is 5.00. The minimum atomic E-state index is -0.0997. The van der Waals surface area contributed by atoms with E-state index in [0.717, 1.165) is 22.5 Å². The normalized spacial score (nSPS) is 10.4. The third kappa shape index (κ3) is 2.56. The first-order chi connectivity index (χ1) is 8.58. The van der Waals surface area contributed by atoms with Gasteiger partial charge >= 0.3 is 0 Å². The van der Waals surface area contributed by atoms with Gasteiger partial charge in [0.1, 0.15) is 6.54 Å². The Morgan fingerprint density at radius 3 is 2.78 bits per heavy atom. The lowest BCUT2D eigenvalue weighted by Gasteiger charge is -2.10. The molecule has 0 spiro atoms. The van der Waals surface area contributed by atoms with Gasteiger partial charge in [0.15, 0.2) is 0 Å². The van der Waals surface area contributed by atoms with E-state index < -0.39 is 0 Å². The van der Waals surface area contributed by atoms with Crippen LogP contribution in [0.15, 0.2) is 24.4 Å². The maximum atomic E-state index is 11.9. The number of hydrogen-bond acceptors (Lipinski definition) is 3. The summed E-state index contributed by atoms with van der Waals surface area (Å²) >= 11 is 0. The molecule has 2 aromatic rings. The SMILES string of the molecule is Cc1cccc(NC(=O)Cn2nncc2C)c1C. The molecule has 0 fully saturated rings. The van der Waals surface area contributed by atoms with Crippen LogP contribution in [0.4, 0.5) is 5.69 Å². The molecule has 0 unspecified atom stereocenters. The summed E-state index contributed by atoms with van der Waals surface area (Å²) in [6.07, 6.45) is 1.63. The van der Waals surface area contributed by atoms with E-state index in [9.17, 15) is 4.79 Å². The Balaban J connectivity index is 2.08. The number of nitrogens with zero attached hydrogens (tertiary/aromatic N) is 3. The maximum absolute atomic E-state index is 11.9. The van der Waals surface area contributed by atoms with Crippen molar-refractivity contribution in [2.24, 2.45) is 0 Å². The van der Waals surface area contributed by atoms with Crippen LogP contribution in [-0.2, 0) is 11.3 Å². The lowest BCUT2D eigenvalue weighted by molar-refractivity contribution is -0.117. The molecule has 1 amide bonds. The summed E-state index contributed by atoms with van der Waals surface area (Å²) in [6, 6.07) is 5.85. The number of hydrogen-bond donors (Lipinski definition) is 1. The maximum Gasteiger partial charge on any atom is 0.246 e. The van der Waals surface area contributed by atoms with Crippen LogP contribution in [0.25, 0.3) is 0 Å². The highest BCUT2D eigenvalue weighted by Crippen LogP contribution is 2.17. The van der Waals surface area contributed by atoms with E-state index in [1.54, 1.807) is 10.9 Å². The molecule has 18 heavy (non-hydrogen) atoms. The Morgan fingerprint density at radius 1 is 1.33 bits per heavy atom. The smallest absolute Gasteiger partial charge is 0.246 e. The van der Waals surface area contributed by atoms with Gasteiger partial charge in [-0.1, -0.05) is 17.3 Å². The third-order valence-corrected chi connectivity index (χ3v) is 2.98. The van der Waals surface area contributed by atoms with E-state index in [0.29, 0.717) is 0 Å². The van der Waals surface area contributed by atoms with Gasteiger partial charge in [-0.3, -0.25) is 4.79 Å². The highest BCUT2D eigenvalue weighted by molar-refractivity contribution is 5.91. The van der Waals surface area contributed by atoms with Crippen molar-refractivity contribution < 1.29 is 4.79 Å². The van der Waals surface area contributed by atoms with Gasteiger partial charge in [0.2, 0.25) is 5.91 Å². The van der Waals surface area contributed by atoms with Crippen LogP contribution in [0.1, 0.15) is 16.8 Å². The molecule has 94 valence electrons. The topological polar surface area (TPSA) is 59.8 Å². The minimum Gasteiger partial charge on any atom is -0.324 e. The van der Waals surface area contributed by atoms with Crippen LogP contribution in [0.2, 0.25) is 0 Å². The molecular weight excluding hydrogens is 228 g/mol. The first kappa shape index (κ1) is 12.3. The number of carbonyl (C=O) groups is 1. The van der Waals surface area contributed by atoms with Crippen LogP contribution in [0.5, 0.6) is 0 Å². The lowest BCUT2D eigenvalue weighted by Crippen LogP contribution is -2.20. The molecular formula is C13H16N4O. The highest BCUT2D eigenvalue weighted by Gasteiger charge is 2.08. The number of nitrogens with one attached hydrogen (secondary N) is 1. The molecule has 5 nitrogen and oxygen atoms in total. The Hall–Kier alpha value is -2.17. The number of anilines is 1. The van der Waals surface area contributed by atoms with Crippen molar-refractivity contribution in [2.45, 2.75) is 27.3 Å². The van der Waals surface area contributed by atoms with E-state index >= 15 is 0 Å². The van der Waals surface area contributed by atoms with Crippen LogP contribution >= 0.6 is 0 Å². The molecule has 0 aliphatic rings. The Bertz CT molecular complexity index is 574. The Labute approximate surface area is 106 Å². The van der Waals surface area contributed by atoms with Gasteiger partial charge in [-0.15, -0.1) is 5.10 Å². The second-order valence-corrected chi connectivity index (χ2v) is 4.33. The summed E-state index contributed by atoms with van der Waals surface area (Å²) in [5.74, 6) is -0.0997. The van der Waals surface area contributed by atoms with Gasteiger partial charge in [0.05, 0.1) is 11.9 Å². The molecule has 1 heterocycles. The van der Waals surface area contributed by atoms with E-state index in [4.69, 9.17) is 0 Å². The molecule has 0 atom stereocenters. The van der Waals surface area contributed by atoms with E-state index in [2.05, 4.69) is 15.6 Å². The number of carbonyl (C=O) groups excluding carboxylic acids is 1. The molecule has 0 aliphatic carbocycles. The number of aromatic nitrogens is 3. The Morgan fingerprint density at radius 2 is 2.11 bits per heavy atom. The lowest BCUT2D eigenvalue weighted by atomic mass is 10.1. The van der Waals surface area contributed by atoms with E-state index in [-0.39, 0.29) is 12.5 Å². The second-order valence-electron chi connectivity index (χ2n) is 4.33. The van der Waals surface area contributed by atoms with Gasteiger partial charge in [0.25, 0.3) is 0 Å². The van der Waals surface area contributed by atoms with Gasteiger partial charge < -0.3 is 5.32 Å². The van der Waals surface area contributed by atoms with Crippen molar-refractivity contribution in [2.75, 3.05) is 5.32 Å². The fourth-order valence-electron chi connectivity index (χ4n) is 1.68. The minimum absolute atomic E-state index is 0.0997. The molecule has 2 rings (SSSR count). The molecule has 1 N–H and O–H groups in total. The van der Waals surface area contributed by atoms with Gasteiger partial charge in [-0.05, 0) is 38.0 Å². The van der Waals surface area contributed by atoms with Crippen molar-refractivity contribution in [1.29, 1.82) is 0 Å². The standard InChI is InChI=1S/C13H16N4O/c1-9-5-4-6-12(11(9)3)15-13(18)8-17-10(2)7-14-16-17/h4-7H,8H2,1-3H3,(H,15,18). The van der Waals surface area contributed by atoms with Crippen molar-refractivity contribution in [3.8, 4) is 0 Å². The van der Waals surface area contributed by atoms with Gasteiger partial charge in [0, 0.05) is 5.69 Å². The summed E-state index contributed by atoms with van der Waals surface area (Å²) in [6.45, 7) is 6.06. The van der Waals surface area contributed by atoms with Crippen molar-refractivity contribution in [3.63, 3.8) is 0 Å². The number of amides is 1. The zero-order chi connectivity index (χ0) is 13.1. The summed E-state index contributed by atoms with van der Waals surface area (Å²) in [5, 5.41) is 10.5. The fourth-order valence-corrected chi connectivity index (χ4v) is 1.68. The summed E-state index contributed by atoms with van der Waals surface area (Å²) in [5.41, 5.74) is 3.95. The van der Waals surface area contributed by atoms with Crippen molar-refractivity contribution in [3.05, 3.63) is 41.2 Å². The largest absolute Gasteiger partial charge is 0.324 e. The molecule has 0 radical (unpaired) electrons. The van der Waals surface area contributed by atoms with Crippen LogP contribution in [0.3, 0.4) is 0 Å². The van der Waals surface area contributed by atoms with Crippen LogP contribution < -0.4 is 5.32 Å². The van der Waals surface area contributed by atoms with Crippen LogP contribution in [0, 0.1) is 20.8 Å². The average Bonchev–Trinajstić information content (AvgIpc) is 2.71. The van der Waals surface area contributed by atoms with E-state index in [1.165, 1.54) is 0 Å². The Kier molecular flexibility index (Phi) is 3.41. The first-order valence-corrected chi connectivity index (χ1v) is 5.79. The molecule has 1 aromatic carbocycles. The quantitative estimate of drug-likeness (QED) is 0.896. The molecule has 0 aliphatic heterocycles. The predicted molar refractivity (Wildman–Crippen MR) is 69.3 cm³/mol. The predicted octanol–water partition coefficient (Wildman–Crippen LogP) is 1.84.